The first-order chi connectivity index (χ1) is 32.7. The van der Waals surface area contributed by atoms with E-state index < -0.39 is 0 Å². The Morgan fingerprint density at radius 2 is 0.758 bits per heavy atom. The molecule has 11 nitrogen and oxygen atoms in total. The van der Waals surface area contributed by atoms with Gasteiger partial charge in [-0.3, -0.25) is 24.9 Å². The Morgan fingerprint density at radius 3 is 1.38 bits per heavy atom. The predicted octanol–water partition coefficient (Wildman–Crippen LogP) is 11.8. The number of thioether (sulfide) groups is 2. The average Bonchev–Trinajstić information content (AvgIpc) is 3.39. The zero-order valence-electron chi connectivity index (χ0n) is 36.1. The first kappa shape index (κ1) is 42.6. The van der Waals surface area contributed by atoms with E-state index in [1.807, 2.05) is 115 Å². The highest BCUT2D eigenvalue weighted by Gasteiger charge is 2.13. The summed E-state index contributed by atoms with van der Waals surface area (Å²) in [6, 6.07) is 45.1. The van der Waals surface area contributed by atoms with Crippen molar-refractivity contribution in [1.82, 2.24) is 24.9 Å². The van der Waals surface area contributed by atoms with Gasteiger partial charge < -0.3 is 30.7 Å². The van der Waals surface area contributed by atoms with Gasteiger partial charge in [0.05, 0.1) is 44.6 Å². The van der Waals surface area contributed by atoms with Gasteiger partial charge in [-0.2, -0.15) is 0 Å². The van der Waals surface area contributed by atoms with Gasteiger partial charge >= 0.3 is 0 Å². The summed E-state index contributed by atoms with van der Waals surface area (Å²) in [5.74, 6) is 4.13. The predicted molar refractivity (Wildman–Crippen MR) is 275 cm³/mol. The molecule has 13 heteroatoms. The Labute approximate surface area is 391 Å². The molecule has 9 heterocycles. The molecule has 5 aromatic heterocycles. The highest BCUT2D eigenvalue weighted by atomic mass is 32.2. The van der Waals surface area contributed by atoms with Gasteiger partial charge in [0.1, 0.15) is 24.7 Å². The maximum atomic E-state index is 5.54. The standard InChI is InChI=1S/2C11H10N2O.2C11H10N2S.C9H7N/c1-2-8-6-11-10(13-4-5-14-11)7-9(8)12-3-1;1-2-8-6-10-11(14-5-4-13-10)7-9(8)12-3-1;1-2-8-6-11-10(13-4-5-14-11)7-9(8)12-3-1;1-2-8-6-10-11(14-5-4-13-10)7-9(8)12-3-1;1-2-6-9-8(4-1)5-3-7-10-9/h4*1-3,6-7,13H,4-5H2;1-7H. The van der Waals surface area contributed by atoms with Gasteiger partial charge in [-0.15, -0.1) is 23.5 Å². The number of hydrogen-bond donors (Lipinski definition) is 4. The van der Waals surface area contributed by atoms with E-state index in [0.29, 0.717) is 0 Å². The van der Waals surface area contributed by atoms with Gasteiger partial charge in [-0.25, -0.2) is 0 Å². The zero-order chi connectivity index (χ0) is 44.3. The van der Waals surface area contributed by atoms with Gasteiger partial charge in [0, 0.05) is 117 Å². The van der Waals surface area contributed by atoms with Gasteiger partial charge in [0.2, 0.25) is 0 Å². The van der Waals surface area contributed by atoms with Crippen LogP contribution in [0, 0.1) is 0 Å². The lowest BCUT2D eigenvalue weighted by atomic mass is 10.1. The lowest BCUT2D eigenvalue weighted by molar-refractivity contribution is 0.323. The van der Waals surface area contributed by atoms with E-state index in [1.165, 1.54) is 37.3 Å². The maximum absolute atomic E-state index is 5.54. The molecule has 0 radical (unpaired) electrons. The van der Waals surface area contributed by atoms with Crippen LogP contribution in [-0.2, 0) is 0 Å². The number of fused-ring (bicyclic) bond motifs is 9. The molecule has 5 aromatic carbocycles. The van der Waals surface area contributed by atoms with E-state index in [1.54, 1.807) is 12.4 Å². The van der Waals surface area contributed by atoms with Crippen LogP contribution >= 0.6 is 23.5 Å². The minimum Gasteiger partial charge on any atom is -0.490 e. The molecule has 0 unspecified atom stereocenters. The first-order valence-electron chi connectivity index (χ1n) is 22.0. The van der Waals surface area contributed by atoms with Crippen LogP contribution in [0.1, 0.15) is 0 Å². The normalized spacial score (nSPS) is 13.9. The molecule has 0 atom stereocenters. The Morgan fingerprint density at radius 1 is 0.348 bits per heavy atom. The minimum atomic E-state index is 0.728. The van der Waals surface area contributed by atoms with Crippen LogP contribution < -0.4 is 30.7 Å². The Kier molecular flexibility index (Phi) is 13.3. The molecule has 0 spiro atoms. The molecule has 4 aliphatic heterocycles. The largest absolute Gasteiger partial charge is 0.490 e. The fraction of sp³-hybridized carbons (Fsp3) is 0.151. The number of pyridine rings is 5. The average molecular weight is 906 g/mol. The van der Waals surface area contributed by atoms with Crippen molar-refractivity contribution in [2.24, 2.45) is 0 Å². The summed E-state index contributed by atoms with van der Waals surface area (Å²) in [4.78, 5) is 24.1. The van der Waals surface area contributed by atoms with E-state index >= 15 is 0 Å². The van der Waals surface area contributed by atoms with Crippen LogP contribution in [0.25, 0.3) is 54.5 Å². The van der Waals surface area contributed by atoms with Crippen molar-refractivity contribution in [2.75, 3.05) is 72.2 Å². The van der Waals surface area contributed by atoms with Crippen molar-refractivity contribution >= 4 is 101 Å². The van der Waals surface area contributed by atoms with Crippen LogP contribution in [0.3, 0.4) is 0 Å². The summed E-state index contributed by atoms with van der Waals surface area (Å²) in [7, 11) is 0. The molecular formula is C53H47N9O2S2. The summed E-state index contributed by atoms with van der Waals surface area (Å²) < 4.78 is 11.1. The zero-order valence-corrected chi connectivity index (χ0v) is 37.7. The molecule has 66 heavy (non-hydrogen) atoms. The van der Waals surface area contributed by atoms with Gasteiger partial charge in [-0.05, 0) is 78.9 Å². The fourth-order valence-electron chi connectivity index (χ4n) is 7.83. The number of rotatable bonds is 0. The van der Waals surface area contributed by atoms with E-state index in [2.05, 4.69) is 107 Å². The lowest BCUT2D eigenvalue weighted by Crippen LogP contribution is -2.17. The van der Waals surface area contributed by atoms with Crippen molar-refractivity contribution in [1.29, 1.82) is 0 Å². The van der Waals surface area contributed by atoms with Crippen LogP contribution in [0.4, 0.5) is 22.7 Å². The molecule has 0 amide bonds. The molecule has 0 fully saturated rings. The summed E-state index contributed by atoms with van der Waals surface area (Å²) >= 11 is 3.81. The van der Waals surface area contributed by atoms with E-state index in [-0.39, 0.29) is 0 Å². The molecule has 0 aliphatic carbocycles. The Bertz CT molecular complexity index is 2670. The summed E-state index contributed by atoms with van der Waals surface area (Å²) in [5, 5.41) is 19.3. The third-order valence-electron chi connectivity index (χ3n) is 11.0. The number of benzene rings is 5. The Balaban J connectivity index is 0.0000000973. The monoisotopic (exact) mass is 905 g/mol. The highest BCUT2D eigenvalue weighted by Crippen LogP contribution is 2.36. The molecule has 4 aliphatic rings. The molecule has 0 bridgehead atoms. The van der Waals surface area contributed by atoms with Crippen molar-refractivity contribution < 1.29 is 9.47 Å². The lowest BCUT2D eigenvalue weighted by Gasteiger charge is -2.19. The third kappa shape index (κ3) is 10.3. The molecule has 4 N–H and O–H groups in total. The van der Waals surface area contributed by atoms with Crippen molar-refractivity contribution in [3.63, 3.8) is 0 Å². The number of anilines is 4. The van der Waals surface area contributed by atoms with Crippen molar-refractivity contribution in [3.05, 3.63) is 164 Å². The van der Waals surface area contributed by atoms with Crippen LogP contribution in [0.5, 0.6) is 11.5 Å². The number of aromatic nitrogens is 5. The number of hydrogen-bond acceptors (Lipinski definition) is 13. The molecular weight excluding hydrogens is 859 g/mol. The van der Waals surface area contributed by atoms with E-state index in [0.717, 1.165) is 112 Å². The second kappa shape index (κ2) is 20.7. The van der Waals surface area contributed by atoms with Gasteiger partial charge in [0.25, 0.3) is 0 Å². The minimum absolute atomic E-state index is 0.728. The summed E-state index contributed by atoms with van der Waals surface area (Å²) in [6.45, 7) is 5.31. The number of para-hydroxylation sites is 1. The third-order valence-corrected chi connectivity index (χ3v) is 13.1. The maximum Gasteiger partial charge on any atom is 0.144 e. The topological polar surface area (TPSA) is 131 Å². The van der Waals surface area contributed by atoms with E-state index in [9.17, 15) is 0 Å². The quantitative estimate of drug-likeness (QED) is 0.115. The van der Waals surface area contributed by atoms with Crippen molar-refractivity contribution in [2.45, 2.75) is 9.79 Å². The second-order valence-electron chi connectivity index (χ2n) is 15.5. The van der Waals surface area contributed by atoms with Gasteiger partial charge in [0.15, 0.2) is 0 Å². The first-order valence-corrected chi connectivity index (χ1v) is 24.0. The van der Waals surface area contributed by atoms with Crippen LogP contribution in [0.2, 0.25) is 0 Å². The summed E-state index contributed by atoms with van der Waals surface area (Å²) in [6.07, 6.45) is 9.09. The summed E-state index contributed by atoms with van der Waals surface area (Å²) in [5.41, 5.74) is 9.79. The SMILES string of the molecule is c1ccc2ncccc2c1.c1cnc2cc3c(cc2c1)NCCO3.c1cnc2cc3c(cc2c1)NCCS3.c1cnc2cc3c(cc2c1)OCCN3.c1cnc2cc3c(cc2c1)SCCN3. The van der Waals surface area contributed by atoms with Crippen LogP contribution in [0.15, 0.2) is 174 Å². The van der Waals surface area contributed by atoms with Gasteiger partial charge in [-0.1, -0.05) is 48.5 Å². The fourth-order valence-corrected chi connectivity index (χ4v) is 9.66. The van der Waals surface area contributed by atoms with E-state index in [4.69, 9.17) is 9.47 Å². The smallest absolute Gasteiger partial charge is 0.144 e. The molecule has 10 aromatic rings. The molecule has 14 rings (SSSR count). The molecule has 328 valence electrons. The molecule has 0 saturated heterocycles. The number of nitrogens with zero attached hydrogens (tertiary/aromatic N) is 5. The van der Waals surface area contributed by atoms with Crippen molar-refractivity contribution in [3.8, 4) is 11.5 Å². The number of ether oxygens (including phenoxy) is 2. The second-order valence-corrected chi connectivity index (χ2v) is 17.7. The number of nitrogens with one attached hydrogen (secondary N) is 4. The Hall–Kier alpha value is -7.35. The molecule has 0 saturated carbocycles. The van der Waals surface area contributed by atoms with Crippen LogP contribution in [-0.4, -0.2) is 75.8 Å². The highest BCUT2D eigenvalue weighted by molar-refractivity contribution is 7.99.